The van der Waals surface area contributed by atoms with Crippen molar-refractivity contribution in [2.75, 3.05) is 33.9 Å². The number of imide groups is 1. The average Bonchev–Trinajstić information content (AvgIpc) is 3.29. The standard InChI is InChI=1S/C23H29N6O3/c1-15-16(2)25-29(17(15)3)22-24-20-19(27(22)13-14-32-5)21(30)28(23(31)26(20)4)12-11-18-9-7-6-8-10-18/h6-10,19H,11-14H2,1-5H3/q+1. The van der Waals surface area contributed by atoms with E-state index in [4.69, 9.17) is 9.73 Å². The Balaban J connectivity index is 1.71. The molecule has 0 aliphatic carbocycles. The highest BCUT2D eigenvalue weighted by atomic mass is 16.5. The molecule has 9 heteroatoms. The number of ether oxygens (including phenoxy) is 1. The van der Waals surface area contributed by atoms with Crippen LogP contribution in [-0.4, -0.2) is 87.8 Å². The van der Waals surface area contributed by atoms with Gasteiger partial charge in [0, 0.05) is 26.3 Å². The summed E-state index contributed by atoms with van der Waals surface area (Å²) < 4.78 is 8.94. The van der Waals surface area contributed by atoms with Gasteiger partial charge in [-0.05, 0) is 32.8 Å². The molecule has 9 nitrogen and oxygen atoms in total. The summed E-state index contributed by atoms with van der Waals surface area (Å²) in [4.78, 5) is 34.2. The lowest BCUT2D eigenvalue weighted by Gasteiger charge is -2.34. The van der Waals surface area contributed by atoms with Gasteiger partial charge in [-0.3, -0.25) is 14.6 Å². The Morgan fingerprint density at radius 1 is 1.12 bits per heavy atom. The van der Waals surface area contributed by atoms with Crippen LogP contribution >= 0.6 is 0 Å². The molecule has 1 aromatic carbocycles. The van der Waals surface area contributed by atoms with Gasteiger partial charge in [-0.15, -0.1) is 9.78 Å². The minimum Gasteiger partial charge on any atom is -0.381 e. The molecule has 0 saturated carbocycles. The van der Waals surface area contributed by atoms with Gasteiger partial charge >= 0.3 is 12.0 Å². The number of nitrogens with zero attached hydrogens (tertiary/aromatic N) is 6. The van der Waals surface area contributed by atoms with Crippen LogP contribution < -0.4 is 0 Å². The molecule has 2 aliphatic rings. The third-order valence-corrected chi connectivity index (χ3v) is 6.23. The zero-order valence-electron chi connectivity index (χ0n) is 19.2. The number of aryl methyl sites for hydroxylation is 1. The molecule has 32 heavy (non-hydrogen) atoms. The average molecular weight is 438 g/mol. The van der Waals surface area contributed by atoms with Crippen molar-refractivity contribution in [2.24, 2.45) is 4.99 Å². The second-order valence-corrected chi connectivity index (χ2v) is 8.13. The first-order valence-corrected chi connectivity index (χ1v) is 10.7. The summed E-state index contributed by atoms with van der Waals surface area (Å²) in [6, 6.07) is 8.78. The summed E-state index contributed by atoms with van der Waals surface area (Å²) in [7, 11) is 3.29. The molecule has 3 heterocycles. The van der Waals surface area contributed by atoms with Crippen molar-refractivity contribution in [1.82, 2.24) is 19.6 Å². The van der Waals surface area contributed by atoms with Crippen LogP contribution in [0.15, 0.2) is 35.3 Å². The number of aromatic nitrogens is 2. The van der Waals surface area contributed by atoms with Crippen LogP contribution in [0.1, 0.15) is 22.5 Å². The molecule has 0 bridgehead atoms. The second kappa shape index (κ2) is 8.66. The van der Waals surface area contributed by atoms with Crippen LogP contribution in [0.2, 0.25) is 0 Å². The molecular formula is C23H29N6O3+. The number of urea groups is 1. The second-order valence-electron chi connectivity index (χ2n) is 8.13. The van der Waals surface area contributed by atoms with Crippen molar-refractivity contribution >= 4 is 23.7 Å². The first-order chi connectivity index (χ1) is 15.3. The van der Waals surface area contributed by atoms with Gasteiger partial charge in [-0.2, -0.15) is 0 Å². The van der Waals surface area contributed by atoms with Gasteiger partial charge < -0.3 is 4.74 Å². The Labute approximate surface area is 187 Å². The largest absolute Gasteiger partial charge is 0.421 e. The normalized spacial score (nSPS) is 18.5. The van der Waals surface area contributed by atoms with Crippen molar-refractivity contribution in [3.8, 4) is 0 Å². The van der Waals surface area contributed by atoms with E-state index in [0.717, 1.165) is 22.5 Å². The Kier molecular flexibility index (Phi) is 5.92. The van der Waals surface area contributed by atoms with Crippen LogP contribution in [0, 0.1) is 20.8 Å². The number of hydrogen-bond donors (Lipinski definition) is 0. The summed E-state index contributed by atoms with van der Waals surface area (Å²) in [6.45, 7) is 7.09. The minimum absolute atomic E-state index is 0.271. The zero-order chi connectivity index (χ0) is 23.0. The van der Waals surface area contributed by atoms with Crippen LogP contribution in [0.25, 0.3) is 0 Å². The number of carbonyl (C=O) groups excluding carboxylic acids is 2. The van der Waals surface area contributed by atoms with E-state index in [-0.39, 0.29) is 11.9 Å². The molecular weight excluding hydrogens is 408 g/mol. The highest BCUT2D eigenvalue weighted by Gasteiger charge is 2.53. The first-order valence-electron chi connectivity index (χ1n) is 10.7. The number of hydrogen-bond acceptors (Lipinski definition) is 5. The molecule has 1 unspecified atom stereocenters. The van der Waals surface area contributed by atoms with E-state index in [1.165, 1.54) is 9.80 Å². The lowest BCUT2D eigenvalue weighted by Crippen LogP contribution is -2.63. The summed E-state index contributed by atoms with van der Waals surface area (Å²) in [5.41, 5.74) is 3.99. The molecule has 168 valence electrons. The smallest absolute Gasteiger partial charge is 0.381 e. The van der Waals surface area contributed by atoms with E-state index in [2.05, 4.69) is 5.10 Å². The highest BCUT2D eigenvalue weighted by Crippen LogP contribution is 2.22. The number of aliphatic imine (C=N–C) groups is 1. The van der Waals surface area contributed by atoms with Crippen LogP contribution in [0.5, 0.6) is 0 Å². The van der Waals surface area contributed by atoms with Crippen molar-refractivity contribution in [3.05, 3.63) is 52.8 Å². The van der Waals surface area contributed by atoms with Crippen molar-refractivity contribution < 1.29 is 18.9 Å². The molecule has 0 radical (unpaired) electrons. The maximum absolute atomic E-state index is 13.6. The van der Waals surface area contributed by atoms with Crippen molar-refractivity contribution in [2.45, 2.75) is 33.2 Å². The van der Waals surface area contributed by atoms with Gasteiger partial charge in [0.25, 0.3) is 5.91 Å². The lowest BCUT2D eigenvalue weighted by atomic mass is 10.1. The van der Waals surface area contributed by atoms with Gasteiger partial charge in [0.05, 0.1) is 18.8 Å². The zero-order valence-corrected chi connectivity index (χ0v) is 19.2. The number of amidine groups is 1. The quantitative estimate of drug-likeness (QED) is 0.643. The molecule has 1 atom stereocenters. The van der Waals surface area contributed by atoms with E-state index in [9.17, 15) is 9.59 Å². The van der Waals surface area contributed by atoms with E-state index < -0.39 is 6.04 Å². The number of methoxy groups -OCH3 is 1. The Morgan fingerprint density at radius 3 is 2.47 bits per heavy atom. The van der Waals surface area contributed by atoms with E-state index in [0.29, 0.717) is 37.9 Å². The van der Waals surface area contributed by atoms with Crippen LogP contribution in [-0.2, 0) is 16.0 Å². The monoisotopic (exact) mass is 437 g/mol. The fraction of sp³-hybridized carbons (Fsp3) is 0.435. The minimum atomic E-state index is -0.692. The SMILES string of the molecule is COCC[N+]1=C(n2nc(C)c(C)c2C)N=C2C1C(=O)N(CCc1ccccc1)C(=O)N2C. The molecule has 1 saturated heterocycles. The van der Waals surface area contributed by atoms with Crippen molar-refractivity contribution in [1.29, 1.82) is 0 Å². The fourth-order valence-electron chi connectivity index (χ4n) is 4.10. The van der Waals surface area contributed by atoms with Gasteiger partial charge in [0.2, 0.25) is 11.9 Å². The third kappa shape index (κ3) is 3.62. The number of fused-ring (bicyclic) bond motifs is 1. The lowest BCUT2D eigenvalue weighted by molar-refractivity contribution is -0.539. The molecule has 2 aliphatic heterocycles. The molecule has 3 amide bonds. The summed E-state index contributed by atoms with van der Waals surface area (Å²) in [5, 5.41) is 4.63. The summed E-state index contributed by atoms with van der Waals surface area (Å²) in [5.74, 6) is 0.688. The topological polar surface area (TPSA) is 83.0 Å². The maximum atomic E-state index is 13.6. The Bertz CT molecular complexity index is 1120. The van der Waals surface area contributed by atoms with Gasteiger partial charge in [-0.25, -0.2) is 9.37 Å². The Morgan fingerprint density at radius 2 is 1.84 bits per heavy atom. The fourth-order valence-corrected chi connectivity index (χ4v) is 4.10. The molecule has 1 aromatic heterocycles. The molecule has 4 rings (SSSR count). The molecule has 1 fully saturated rings. The Hall–Kier alpha value is -3.33. The molecule has 2 aromatic rings. The van der Waals surface area contributed by atoms with Gasteiger partial charge in [0.15, 0.2) is 0 Å². The number of benzene rings is 1. The number of rotatable bonds is 6. The number of likely N-dealkylation sites (N-methyl/N-ethyl adjacent to an activating group) is 1. The number of carbonyl (C=O) groups is 2. The van der Waals surface area contributed by atoms with E-state index in [1.807, 2.05) is 55.7 Å². The van der Waals surface area contributed by atoms with E-state index in [1.54, 1.807) is 18.8 Å². The van der Waals surface area contributed by atoms with Crippen LogP contribution in [0.4, 0.5) is 4.79 Å². The molecule has 0 spiro atoms. The van der Waals surface area contributed by atoms with E-state index >= 15 is 0 Å². The maximum Gasteiger partial charge on any atom is 0.421 e. The highest BCUT2D eigenvalue weighted by molar-refractivity contribution is 6.23. The third-order valence-electron chi connectivity index (χ3n) is 6.23. The predicted octanol–water partition coefficient (Wildman–Crippen LogP) is 1.59. The van der Waals surface area contributed by atoms with Crippen LogP contribution in [0.3, 0.4) is 0 Å². The van der Waals surface area contributed by atoms with Crippen molar-refractivity contribution in [3.63, 3.8) is 0 Å². The predicted molar refractivity (Wildman–Crippen MR) is 120 cm³/mol. The summed E-state index contributed by atoms with van der Waals surface area (Å²) in [6.07, 6.45) is 0.594. The first kappa shape index (κ1) is 21.9. The number of amides is 3. The van der Waals surface area contributed by atoms with Gasteiger partial charge in [-0.1, -0.05) is 35.3 Å². The molecule has 0 N–H and O–H groups in total. The van der Waals surface area contributed by atoms with Gasteiger partial charge in [0.1, 0.15) is 5.69 Å². The summed E-state index contributed by atoms with van der Waals surface area (Å²) >= 11 is 0.